The molecule has 0 aliphatic carbocycles. The van der Waals surface area contributed by atoms with Crippen molar-refractivity contribution in [2.45, 2.75) is 25.7 Å². The van der Waals surface area contributed by atoms with Crippen LogP contribution in [0.1, 0.15) is 24.8 Å². The molecule has 2 N–H and O–H groups in total. The van der Waals surface area contributed by atoms with Gasteiger partial charge in [0, 0.05) is 0 Å². The predicted molar refractivity (Wildman–Crippen MR) is 79.5 cm³/mol. The number of nitrogens with two attached hydrogens (primary N) is 1. The lowest BCUT2D eigenvalue weighted by Crippen LogP contribution is -2.36. The molecule has 1 fully saturated rings. The first-order chi connectivity index (χ1) is 9.33. The standard InChI is InChI=1S/C16H26N2O/c1-19-16-7-3-2-5-15(16)6-4-10-18-11-8-14(13-17)9-12-18/h2-3,5,7,14H,4,6,8-13,17H2,1H3. The molecule has 0 aromatic heterocycles. The van der Waals surface area contributed by atoms with Gasteiger partial charge in [-0.15, -0.1) is 0 Å². The number of nitrogens with zero attached hydrogens (tertiary/aromatic N) is 1. The zero-order valence-electron chi connectivity index (χ0n) is 12.0. The Balaban J connectivity index is 1.72. The smallest absolute Gasteiger partial charge is 0.122 e. The maximum atomic E-state index is 5.72. The Morgan fingerprint density at radius 2 is 2.00 bits per heavy atom. The third kappa shape index (κ3) is 4.22. The van der Waals surface area contributed by atoms with Crippen molar-refractivity contribution in [3.05, 3.63) is 29.8 Å². The van der Waals surface area contributed by atoms with Crippen molar-refractivity contribution < 1.29 is 4.74 Å². The van der Waals surface area contributed by atoms with Gasteiger partial charge in [0.25, 0.3) is 0 Å². The van der Waals surface area contributed by atoms with Gasteiger partial charge >= 0.3 is 0 Å². The van der Waals surface area contributed by atoms with Crippen molar-refractivity contribution in [1.29, 1.82) is 0 Å². The molecule has 3 heteroatoms. The molecule has 1 saturated heterocycles. The molecule has 2 rings (SSSR count). The minimum Gasteiger partial charge on any atom is -0.496 e. The first kappa shape index (κ1) is 14.4. The number of benzene rings is 1. The van der Waals surface area contributed by atoms with E-state index in [1.807, 2.05) is 12.1 Å². The van der Waals surface area contributed by atoms with E-state index in [9.17, 15) is 0 Å². The Morgan fingerprint density at radius 1 is 1.26 bits per heavy atom. The lowest BCUT2D eigenvalue weighted by Gasteiger charge is -2.31. The maximum Gasteiger partial charge on any atom is 0.122 e. The fourth-order valence-electron chi connectivity index (χ4n) is 2.85. The zero-order chi connectivity index (χ0) is 13.5. The van der Waals surface area contributed by atoms with Crippen LogP contribution < -0.4 is 10.5 Å². The van der Waals surface area contributed by atoms with Gasteiger partial charge in [0.1, 0.15) is 5.75 Å². The number of hydrogen-bond donors (Lipinski definition) is 1. The Kier molecular flexibility index (Phi) is 5.67. The Hall–Kier alpha value is -1.06. The lowest BCUT2D eigenvalue weighted by atomic mass is 9.97. The minimum absolute atomic E-state index is 0.755. The number of likely N-dealkylation sites (tertiary alicyclic amines) is 1. The summed E-state index contributed by atoms with van der Waals surface area (Å²) in [6, 6.07) is 8.33. The first-order valence-corrected chi connectivity index (χ1v) is 7.37. The topological polar surface area (TPSA) is 38.5 Å². The lowest BCUT2D eigenvalue weighted by molar-refractivity contribution is 0.186. The summed E-state index contributed by atoms with van der Waals surface area (Å²) < 4.78 is 5.39. The molecule has 0 unspecified atom stereocenters. The van der Waals surface area contributed by atoms with Gasteiger partial charge in [0.15, 0.2) is 0 Å². The first-order valence-electron chi connectivity index (χ1n) is 7.37. The molecule has 1 aliphatic rings. The summed E-state index contributed by atoms with van der Waals surface area (Å²) in [5.41, 5.74) is 7.05. The van der Waals surface area contributed by atoms with Crippen molar-refractivity contribution >= 4 is 0 Å². The average Bonchev–Trinajstić information content (AvgIpc) is 2.48. The van der Waals surface area contributed by atoms with Crippen LogP contribution in [0.15, 0.2) is 24.3 Å². The van der Waals surface area contributed by atoms with E-state index in [1.54, 1.807) is 7.11 Å². The summed E-state index contributed by atoms with van der Waals surface area (Å²) in [5, 5.41) is 0. The van der Waals surface area contributed by atoms with E-state index in [0.717, 1.165) is 24.6 Å². The van der Waals surface area contributed by atoms with Crippen LogP contribution in [-0.2, 0) is 6.42 Å². The van der Waals surface area contributed by atoms with Gasteiger partial charge in [-0.05, 0) is 69.4 Å². The highest BCUT2D eigenvalue weighted by Crippen LogP contribution is 2.20. The third-order valence-electron chi connectivity index (χ3n) is 4.15. The predicted octanol–water partition coefficient (Wildman–Crippen LogP) is 2.30. The summed E-state index contributed by atoms with van der Waals surface area (Å²) in [7, 11) is 1.75. The molecule has 3 nitrogen and oxygen atoms in total. The van der Waals surface area contributed by atoms with Crippen LogP contribution in [0.3, 0.4) is 0 Å². The van der Waals surface area contributed by atoms with Crippen LogP contribution in [0.25, 0.3) is 0 Å². The van der Waals surface area contributed by atoms with E-state index >= 15 is 0 Å². The van der Waals surface area contributed by atoms with Crippen LogP contribution in [0.5, 0.6) is 5.75 Å². The Labute approximate surface area is 116 Å². The van der Waals surface area contributed by atoms with Gasteiger partial charge in [-0.25, -0.2) is 0 Å². The summed E-state index contributed by atoms with van der Waals surface area (Å²) in [6.07, 6.45) is 4.84. The highest BCUT2D eigenvalue weighted by Gasteiger charge is 2.17. The summed E-state index contributed by atoms with van der Waals surface area (Å²) in [4.78, 5) is 2.57. The molecule has 1 aromatic carbocycles. The molecule has 0 amide bonds. The van der Waals surface area contributed by atoms with E-state index in [-0.39, 0.29) is 0 Å². The fourth-order valence-corrected chi connectivity index (χ4v) is 2.85. The SMILES string of the molecule is COc1ccccc1CCCN1CCC(CN)CC1. The van der Waals surface area contributed by atoms with Crippen molar-refractivity contribution in [2.75, 3.05) is 33.3 Å². The van der Waals surface area contributed by atoms with Gasteiger partial charge in [-0.2, -0.15) is 0 Å². The largest absolute Gasteiger partial charge is 0.496 e. The number of methoxy groups -OCH3 is 1. The molecule has 1 aliphatic heterocycles. The second kappa shape index (κ2) is 7.51. The second-order valence-electron chi connectivity index (χ2n) is 5.44. The quantitative estimate of drug-likeness (QED) is 0.855. The second-order valence-corrected chi connectivity index (χ2v) is 5.44. The van der Waals surface area contributed by atoms with Gasteiger partial charge in [0.05, 0.1) is 7.11 Å². The van der Waals surface area contributed by atoms with Crippen LogP contribution in [-0.4, -0.2) is 38.2 Å². The molecule has 106 valence electrons. The molecule has 0 radical (unpaired) electrons. The Morgan fingerprint density at radius 3 is 2.68 bits per heavy atom. The monoisotopic (exact) mass is 262 g/mol. The molecule has 0 bridgehead atoms. The number of rotatable bonds is 6. The summed E-state index contributed by atoms with van der Waals surface area (Å²) >= 11 is 0. The van der Waals surface area contributed by atoms with Gasteiger partial charge < -0.3 is 15.4 Å². The summed E-state index contributed by atoms with van der Waals surface area (Å²) in [5.74, 6) is 1.77. The fraction of sp³-hybridized carbons (Fsp3) is 0.625. The molecular weight excluding hydrogens is 236 g/mol. The summed E-state index contributed by atoms with van der Waals surface area (Å²) in [6.45, 7) is 4.48. The number of aryl methyl sites for hydroxylation is 1. The van der Waals surface area contributed by atoms with E-state index in [1.165, 1.54) is 44.5 Å². The van der Waals surface area contributed by atoms with Crippen LogP contribution in [0.2, 0.25) is 0 Å². The van der Waals surface area contributed by atoms with Crippen molar-refractivity contribution in [3.8, 4) is 5.75 Å². The van der Waals surface area contributed by atoms with Gasteiger partial charge in [0.2, 0.25) is 0 Å². The highest BCUT2D eigenvalue weighted by atomic mass is 16.5. The number of para-hydroxylation sites is 1. The van der Waals surface area contributed by atoms with Crippen LogP contribution >= 0.6 is 0 Å². The van der Waals surface area contributed by atoms with Crippen LogP contribution in [0, 0.1) is 5.92 Å². The molecule has 1 aromatic rings. The average molecular weight is 262 g/mol. The molecule has 0 spiro atoms. The normalized spacial score (nSPS) is 17.6. The molecular formula is C16H26N2O. The van der Waals surface area contributed by atoms with Crippen molar-refractivity contribution in [3.63, 3.8) is 0 Å². The van der Waals surface area contributed by atoms with E-state index in [0.29, 0.717) is 0 Å². The molecule has 19 heavy (non-hydrogen) atoms. The minimum atomic E-state index is 0.755. The number of hydrogen-bond acceptors (Lipinski definition) is 3. The molecule has 0 saturated carbocycles. The van der Waals surface area contributed by atoms with Crippen molar-refractivity contribution in [1.82, 2.24) is 4.90 Å². The number of ether oxygens (including phenoxy) is 1. The molecule has 1 heterocycles. The Bertz CT molecular complexity index is 373. The third-order valence-corrected chi connectivity index (χ3v) is 4.15. The number of piperidine rings is 1. The molecule has 0 atom stereocenters. The van der Waals surface area contributed by atoms with Crippen LogP contribution in [0.4, 0.5) is 0 Å². The maximum absolute atomic E-state index is 5.72. The highest BCUT2D eigenvalue weighted by molar-refractivity contribution is 5.33. The van der Waals surface area contributed by atoms with E-state index in [2.05, 4.69) is 17.0 Å². The van der Waals surface area contributed by atoms with Gasteiger partial charge in [-0.1, -0.05) is 18.2 Å². The van der Waals surface area contributed by atoms with E-state index < -0.39 is 0 Å². The zero-order valence-corrected chi connectivity index (χ0v) is 12.0. The van der Waals surface area contributed by atoms with Gasteiger partial charge in [-0.3, -0.25) is 0 Å². The van der Waals surface area contributed by atoms with E-state index in [4.69, 9.17) is 10.5 Å². The van der Waals surface area contributed by atoms with Crippen molar-refractivity contribution in [2.24, 2.45) is 11.7 Å².